The average Bonchev–Trinajstić information content (AvgIpc) is 3.23. The van der Waals surface area contributed by atoms with Crippen LogP contribution in [0.3, 0.4) is 0 Å². The molecule has 1 amide bonds. The first-order chi connectivity index (χ1) is 11.7. The van der Waals surface area contributed by atoms with Gasteiger partial charge in [-0.15, -0.1) is 11.3 Å². The first kappa shape index (κ1) is 14.7. The van der Waals surface area contributed by atoms with Crippen molar-refractivity contribution >= 4 is 28.3 Å². The zero-order chi connectivity index (χ0) is 16.5. The van der Waals surface area contributed by atoms with Crippen molar-refractivity contribution in [2.24, 2.45) is 5.73 Å². The van der Waals surface area contributed by atoms with Crippen LogP contribution in [0.5, 0.6) is 0 Å². The van der Waals surface area contributed by atoms with Crippen molar-refractivity contribution in [2.75, 3.05) is 0 Å². The van der Waals surface area contributed by atoms with Crippen molar-refractivity contribution in [3.63, 3.8) is 0 Å². The van der Waals surface area contributed by atoms with E-state index >= 15 is 0 Å². The molecule has 0 bridgehead atoms. The number of amides is 1. The Hall–Kier alpha value is -2.92. The number of primary amides is 1. The molecular formula is C19H15N3OS. The van der Waals surface area contributed by atoms with Gasteiger partial charge in [0.1, 0.15) is 5.52 Å². The number of fused-ring (bicyclic) bond motifs is 1. The number of aromatic nitrogens is 2. The molecule has 5 heteroatoms. The topological polar surface area (TPSA) is 60.9 Å². The summed E-state index contributed by atoms with van der Waals surface area (Å²) in [5.74, 6) is 0.403. The molecule has 0 fully saturated rings. The van der Waals surface area contributed by atoms with E-state index in [1.807, 2.05) is 47.8 Å². The minimum atomic E-state index is -0.456. The number of nitrogens with zero attached hydrogens (tertiary/aromatic N) is 2. The predicted molar refractivity (Wildman–Crippen MR) is 97.1 cm³/mol. The van der Waals surface area contributed by atoms with Gasteiger partial charge in [-0.1, -0.05) is 42.5 Å². The van der Waals surface area contributed by atoms with Crippen LogP contribution in [0.2, 0.25) is 0 Å². The monoisotopic (exact) mass is 333 g/mol. The van der Waals surface area contributed by atoms with Gasteiger partial charge < -0.3 is 10.3 Å². The highest BCUT2D eigenvalue weighted by Gasteiger charge is 2.17. The minimum Gasteiger partial charge on any atom is -0.366 e. The van der Waals surface area contributed by atoms with Crippen LogP contribution < -0.4 is 5.73 Å². The summed E-state index contributed by atoms with van der Waals surface area (Å²) in [5.41, 5.74) is 8.73. The Bertz CT molecular complexity index is 1000. The number of imidazole rings is 1. The van der Waals surface area contributed by atoms with E-state index in [0.717, 1.165) is 16.2 Å². The number of hydrogen-bond acceptors (Lipinski definition) is 3. The van der Waals surface area contributed by atoms with Crippen molar-refractivity contribution in [1.82, 2.24) is 9.55 Å². The molecule has 4 nitrogen and oxygen atoms in total. The van der Waals surface area contributed by atoms with Gasteiger partial charge in [0.25, 0.3) is 5.91 Å². The van der Waals surface area contributed by atoms with Gasteiger partial charge in [-0.25, -0.2) is 4.98 Å². The number of rotatable bonds is 4. The third-order valence-electron chi connectivity index (χ3n) is 3.97. The minimum absolute atomic E-state index is 0.456. The number of carbonyl (C=O) groups is 1. The fourth-order valence-electron chi connectivity index (χ4n) is 2.87. The summed E-state index contributed by atoms with van der Waals surface area (Å²) in [4.78, 5) is 17.6. The Morgan fingerprint density at radius 3 is 2.58 bits per heavy atom. The summed E-state index contributed by atoms with van der Waals surface area (Å²) >= 11 is 1.63. The molecular weight excluding hydrogens is 318 g/mol. The summed E-state index contributed by atoms with van der Waals surface area (Å²) in [6, 6.07) is 19.8. The molecule has 0 radical (unpaired) electrons. The second kappa shape index (κ2) is 5.94. The molecule has 0 atom stereocenters. The molecule has 2 N–H and O–H groups in total. The third-order valence-corrected chi connectivity index (χ3v) is 4.84. The fourth-order valence-corrected chi connectivity index (χ4v) is 3.59. The standard InChI is InChI=1S/C19H15N3OS/c20-18(23)14-8-4-9-15-17(14)21-19(16-10-5-11-24-16)22(15)12-13-6-2-1-3-7-13/h1-11H,12H2,(H2,20,23). The molecule has 4 rings (SSSR count). The zero-order valence-electron chi connectivity index (χ0n) is 12.8. The van der Waals surface area contributed by atoms with Gasteiger partial charge in [-0.3, -0.25) is 4.79 Å². The van der Waals surface area contributed by atoms with E-state index in [-0.39, 0.29) is 0 Å². The van der Waals surface area contributed by atoms with E-state index < -0.39 is 5.91 Å². The highest BCUT2D eigenvalue weighted by atomic mass is 32.1. The Morgan fingerprint density at radius 2 is 1.88 bits per heavy atom. The Labute approximate surface area is 143 Å². The van der Waals surface area contributed by atoms with Crippen LogP contribution in [0.25, 0.3) is 21.7 Å². The molecule has 2 aromatic heterocycles. The normalized spacial score (nSPS) is 11.0. The fraction of sp³-hybridized carbons (Fsp3) is 0.0526. The first-order valence-corrected chi connectivity index (χ1v) is 8.49. The molecule has 0 spiro atoms. The summed E-state index contributed by atoms with van der Waals surface area (Å²) in [7, 11) is 0. The van der Waals surface area contributed by atoms with Gasteiger partial charge in [0, 0.05) is 6.54 Å². The number of nitrogens with two attached hydrogens (primary N) is 1. The number of benzene rings is 2. The number of para-hydroxylation sites is 1. The third kappa shape index (κ3) is 2.49. The van der Waals surface area contributed by atoms with Crippen molar-refractivity contribution in [3.05, 3.63) is 77.2 Å². The zero-order valence-corrected chi connectivity index (χ0v) is 13.7. The highest BCUT2D eigenvalue weighted by molar-refractivity contribution is 7.13. The molecule has 0 aliphatic heterocycles. The highest BCUT2D eigenvalue weighted by Crippen LogP contribution is 2.30. The maximum Gasteiger partial charge on any atom is 0.250 e. The summed E-state index contributed by atoms with van der Waals surface area (Å²) in [6.45, 7) is 0.687. The first-order valence-electron chi connectivity index (χ1n) is 7.61. The van der Waals surface area contributed by atoms with Crippen LogP contribution in [0.15, 0.2) is 66.0 Å². The molecule has 24 heavy (non-hydrogen) atoms. The molecule has 2 aromatic carbocycles. The van der Waals surface area contributed by atoms with Gasteiger partial charge >= 0.3 is 0 Å². The SMILES string of the molecule is NC(=O)c1cccc2c1nc(-c1cccs1)n2Cc1ccccc1. The van der Waals surface area contributed by atoms with Crippen LogP contribution in [0.1, 0.15) is 15.9 Å². The van der Waals surface area contributed by atoms with E-state index in [2.05, 4.69) is 16.7 Å². The maximum absolute atomic E-state index is 11.8. The average molecular weight is 333 g/mol. The van der Waals surface area contributed by atoms with Crippen LogP contribution >= 0.6 is 11.3 Å². The molecule has 0 aliphatic carbocycles. The van der Waals surface area contributed by atoms with Gasteiger partial charge in [0.2, 0.25) is 0 Å². The lowest BCUT2D eigenvalue weighted by molar-refractivity contribution is 0.100. The van der Waals surface area contributed by atoms with Crippen molar-refractivity contribution in [3.8, 4) is 10.7 Å². The van der Waals surface area contributed by atoms with Gasteiger partial charge in [0.05, 0.1) is 16.0 Å². The van der Waals surface area contributed by atoms with E-state index in [4.69, 9.17) is 10.7 Å². The largest absolute Gasteiger partial charge is 0.366 e. The maximum atomic E-state index is 11.8. The Morgan fingerprint density at radius 1 is 1.04 bits per heavy atom. The van der Waals surface area contributed by atoms with Crippen LogP contribution in [0.4, 0.5) is 0 Å². The van der Waals surface area contributed by atoms with E-state index in [1.165, 1.54) is 5.56 Å². The Balaban J connectivity index is 1.97. The lowest BCUT2D eigenvalue weighted by atomic mass is 10.1. The lowest BCUT2D eigenvalue weighted by Crippen LogP contribution is -2.11. The van der Waals surface area contributed by atoms with Crippen molar-refractivity contribution in [2.45, 2.75) is 6.54 Å². The van der Waals surface area contributed by atoms with Crippen molar-refractivity contribution < 1.29 is 4.79 Å². The predicted octanol–water partition coefficient (Wildman–Crippen LogP) is 3.91. The lowest BCUT2D eigenvalue weighted by Gasteiger charge is -2.08. The second-order valence-corrected chi connectivity index (χ2v) is 6.47. The molecule has 118 valence electrons. The molecule has 0 saturated carbocycles. The van der Waals surface area contributed by atoms with E-state index in [9.17, 15) is 4.79 Å². The van der Waals surface area contributed by atoms with Gasteiger partial charge in [-0.05, 0) is 29.1 Å². The molecule has 0 unspecified atom stereocenters. The summed E-state index contributed by atoms with van der Waals surface area (Å²) in [5, 5.41) is 2.02. The van der Waals surface area contributed by atoms with Gasteiger partial charge in [0.15, 0.2) is 5.82 Å². The summed E-state index contributed by atoms with van der Waals surface area (Å²) < 4.78 is 2.14. The molecule has 0 aliphatic rings. The van der Waals surface area contributed by atoms with Crippen molar-refractivity contribution in [1.29, 1.82) is 0 Å². The molecule has 4 aromatic rings. The van der Waals surface area contributed by atoms with E-state index in [1.54, 1.807) is 17.4 Å². The number of carbonyl (C=O) groups excluding carboxylic acids is 1. The van der Waals surface area contributed by atoms with Crippen LogP contribution in [-0.4, -0.2) is 15.5 Å². The van der Waals surface area contributed by atoms with Crippen LogP contribution in [0, 0.1) is 0 Å². The second-order valence-electron chi connectivity index (χ2n) is 5.52. The Kier molecular flexibility index (Phi) is 3.63. The number of thiophene rings is 1. The molecule has 0 saturated heterocycles. The van der Waals surface area contributed by atoms with Crippen LogP contribution in [-0.2, 0) is 6.54 Å². The summed E-state index contributed by atoms with van der Waals surface area (Å²) in [6.07, 6.45) is 0. The quantitative estimate of drug-likeness (QED) is 0.615. The molecule has 2 heterocycles. The van der Waals surface area contributed by atoms with Gasteiger partial charge in [-0.2, -0.15) is 0 Å². The smallest absolute Gasteiger partial charge is 0.250 e. The number of hydrogen-bond donors (Lipinski definition) is 1. The van der Waals surface area contributed by atoms with E-state index in [0.29, 0.717) is 17.6 Å².